The van der Waals surface area contributed by atoms with Crippen molar-refractivity contribution in [2.45, 2.75) is 59.1 Å². The molecule has 1 aliphatic heterocycles. The van der Waals surface area contributed by atoms with Crippen molar-refractivity contribution in [2.24, 2.45) is 5.92 Å². The molecule has 1 fully saturated rings. The predicted molar refractivity (Wildman–Crippen MR) is 73.7 cm³/mol. The lowest BCUT2D eigenvalue weighted by atomic mass is 10.0. The van der Waals surface area contributed by atoms with Gasteiger partial charge in [0.15, 0.2) is 0 Å². The zero-order valence-corrected chi connectivity index (χ0v) is 12.5. The quantitative estimate of drug-likeness (QED) is 0.844. The van der Waals surface area contributed by atoms with E-state index in [1.807, 2.05) is 25.7 Å². The molecule has 0 aliphatic carbocycles. The zero-order valence-electron chi connectivity index (χ0n) is 12.5. The molecule has 1 amide bonds. The third-order valence-corrected chi connectivity index (χ3v) is 3.06. The van der Waals surface area contributed by atoms with E-state index in [0.717, 1.165) is 32.5 Å². The van der Waals surface area contributed by atoms with E-state index in [-0.39, 0.29) is 12.1 Å². The lowest BCUT2D eigenvalue weighted by molar-refractivity contribution is 0.0106. The first kappa shape index (κ1) is 15.3. The van der Waals surface area contributed by atoms with Crippen LogP contribution in [0.5, 0.6) is 0 Å². The smallest absolute Gasteiger partial charge is 0.410 e. The maximum absolute atomic E-state index is 12.1. The first-order chi connectivity index (χ1) is 8.29. The van der Waals surface area contributed by atoms with E-state index in [2.05, 4.69) is 19.2 Å². The normalized spacial score (nSPS) is 21.2. The van der Waals surface area contributed by atoms with Gasteiger partial charge in [-0.15, -0.1) is 0 Å². The first-order valence-corrected chi connectivity index (χ1v) is 7.00. The van der Waals surface area contributed by atoms with Crippen molar-refractivity contribution in [1.29, 1.82) is 0 Å². The van der Waals surface area contributed by atoms with Crippen molar-refractivity contribution in [2.75, 3.05) is 19.6 Å². The summed E-state index contributed by atoms with van der Waals surface area (Å²) in [5, 5.41) is 3.36. The van der Waals surface area contributed by atoms with Gasteiger partial charge >= 0.3 is 6.09 Å². The molecule has 1 heterocycles. The Labute approximate surface area is 111 Å². The summed E-state index contributed by atoms with van der Waals surface area (Å²) in [4.78, 5) is 14.0. The fourth-order valence-electron chi connectivity index (χ4n) is 2.11. The lowest BCUT2D eigenvalue weighted by Crippen LogP contribution is -2.54. The van der Waals surface area contributed by atoms with Crippen LogP contribution in [0.1, 0.15) is 47.5 Å². The maximum atomic E-state index is 12.1. The van der Waals surface area contributed by atoms with Crippen molar-refractivity contribution in [3.63, 3.8) is 0 Å². The summed E-state index contributed by atoms with van der Waals surface area (Å²) in [5.41, 5.74) is -0.412. The van der Waals surface area contributed by atoms with Crippen LogP contribution in [0.3, 0.4) is 0 Å². The second-order valence-corrected chi connectivity index (χ2v) is 6.50. The van der Waals surface area contributed by atoms with E-state index in [4.69, 9.17) is 4.74 Å². The minimum Gasteiger partial charge on any atom is -0.444 e. The Morgan fingerprint density at radius 3 is 2.67 bits per heavy atom. The molecule has 0 aromatic heterocycles. The van der Waals surface area contributed by atoms with Gasteiger partial charge in [0.2, 0.25) is 0 Å². The summed E-state index contributed by atoms with van der Waals surface area (Å²) < 4.78 is 5.47. The van der Waals surface area contributed by atoms with Crippen LogP contribution < -0.4 is 5.32 Å². The lowest BCUT2D eigenvalue weighted by Gasteiger charge is -2.37. The Kier molecular flexibility index (Phi) is 5.45. The number of nitrogens with zero attached hydrogens (tertiary/aromatic N) is 1. The fraction of sp³-hybridized carbons (Fsp3) is 0.929. The highest BCUT2D eigenvalue weighted by molar-refractivity contribution is 5.68. The second kappa shape index (κ2) is 6.41. The van der Waals surface area contributed by atoms with Crippen LogP contribution in [0.2, 0.25) is 0 Å². The van der Waals surface area contributed by atoms with Crippen molar-refractivity contribution in [1.82, 2.24) is 10.2 Å². The second-order valence-electron chi connectivity index (χ2n) is 6.50. The Hall–Kier alpha value is -0.770. The number of carbonyl (C=O) groups excluding carboxylic acids is 1. The molecule has 1 saturated heterocycles. The number of piperazine rings is 1. The van der Waals surface area contributed by atoms with Gasteiger partial charge in [-0.05, 0) is 39.5 Å². The Morgan fingerprint density at radius 1 is 1.44 bits per heavy atom. The van der Waals surface area contributed by atoms with Gasteiger partial charge in [-0.25, -0.2) is 4.79 Å². The van der Waals surface area contributed by atoms with Gasteiger partial charge in [-0.3, -0.25) is 0 Å². The molecule has 0 aromatic carbocycles. The summed E-state index contributed by atoms with van der Waals surface area (Å²) in [5.74, 6) is 0.674. The van der Waals surface area contributed by atoms with Crippen LogP contribution in [0, 0.1) is 5.92 Å². The molecule has 0 saturated carbocycles. The average Bonchev–Trinajstić information content (AvgIpc) is 2.24. The van der Waals surface area contributed by atoms with E-state index in [1.54, 1.807) is 0 Å². The van der Waals surface area contributed by atoms with Crippen LogP contribution in [0.4, 0.5) is 4.79 Å². The minimum absolute atomic E-state index is 0.169. The largest absolute Gasteiger partial charge is 0.444 e. The molecule has 0 radical (unpaired) electrons. The number of amides is 1. The topological polar surface area (TPSA) is 41.6 Å². The summed E-state index contributed by atoms with van der Waals surface area (Å²) in [6.45, 7) is 12.7. The summed E-state index contributed by atoms with van der Waals surface area (Å²) in [6.07, 6.45) is 2.02. The highest BCUT2D eigenvalue weighted by Crippen LogP contribution is 2.17. The molecule has 106 valence electrons. The molecular formula is C14H28N2O2. The van der Waals surface area contributed by atoms with E-state index in [0.29, 0.717) is 5.92 Å². The van der Waals surface area contributed by atoms with Gasteiger partial charge in [0.25, 0.3) is 0 Å². The third-order valence-electron chi connectivity index (χ3n) is 3.06. The highest BCUT2D eigenvalue weighted by atomic mass is 16.6. The Bertz CT molecular complexity index is 271. The molecule has 1 unspecified atom stereocenters. The summed E-state index contributed by atoms with van der Waals surface area (Å²) in [7, 11) is 0. The van der Waals surface area contributed by atoms with Crippen LogP contribution in [0.15, 0.2) is 0 Å². The van der Waals surface area contributed by atoms with Crippen molar-refractivity contribution in [3.05, 3.63) is 0 Å². The third kappa shape index (κ3) is 5.25. The molecule has 0 bridgehead atoms. The standard InChI is InChI=1S/C14H28N2O2/c1-11(2)6-7-12-10-15-8-9-16(12)13(17)18-14(3,4)5/h11-12,15H,6-10H2,1-5H3. The number of hydrogen-bond acceptors (Lipinski definition) is 3. The highest BCUT2D eigenvalue weighted by Gasteiger charge is 2.30. The SMILES string of the molecule is CC(C)CCC1CNCCN1C(=O)OC(C)(C)C. The summed E-state index contributed by atoms with van der Waals surface area (Å²) in [6, 6.07) is 0.274. The zero-order chi connectivity index (χ0) is 13.8. The van der Waals surface area contributed by atoms with Crippen molar-refractivity contribution in [3.8, 4) is 0 Å². The minimum atomic E-state index is -0.412. The number of ether oxygens (including phenoxy) is 1. The van der Waals surface area contributed by atoms with Crippen LogP contribution in [0.25, 0.3) is 0 Å². The van der Waals surface area contributed by atoms with Gasteiger partial charge in [-0.1, -0.05) is 13.8 Å². The van der Waals surface area contributed by atoms with Crippen LogP contribution >= 0.6 is 0 Å². The molecule has 1 rings (SSSR count). The molecule has 1 N–H and O–H groups in total. The van der Waals surface area contributed by atoms with E-state index < -0.39 is 5.60 Å². The monoisotopic (exact) mass is 256 g/mol. The molecule has 4 nitrogen and oxygen atoms in total. The Morgan fingerprint density at radius 2 is 2.11 bits per heavy atom. The van der Waals surface area contributed by atoms with Gasteiger partial charge in [0, 0.05) is 25.7 Å². The molecular weight excluding hydrogens is 228 g/mol. The van der Waals surface area contributed by atoms with Crippen LogP contribution in [-0.2, 0) is 4.74 Å². The molecule has 1 aliphatic rings. The van der Waals surface area contributed by atoms with Crippen molar-refractivity contribution < 1.29 is 9.53 Å². The average molecular weight is 256 g/mol. The predicted octanol–water partition coefficient (Wildman–Crippen LogP) is 2.63. The van der Waals surface area contributed by atoms with E-state index in [9.17, 15) is 4.79 Å². The van der Waals surface area contributed by atoms with Gasteiger partial charge < -0.3 is 15.0 Å². The first-order valence-electron chi connectivity index (χ1n) is 7.00. The summed E-state index contributed by atoms with van der Waals surface area (Å²) >= 11 is 0. The number of rotatable bonds is 3. The van der Waals surface area contributed by atoms with E-state index in [1.165, 1.54) is 0 Å². The molecule has 4 heteroatoms. The van der Waals surface area contributed by atoms with Gasteiger partial charge in [0.05, 0.1) is 0 Å². The maximum Gasteiger partial charge on any atom is 0.410 e. The molecule has 0 aromatic rings. The molecule has 1 atom stereocenters. The molecule has 18 heavy (non-hydrogen) atoms. The number of hydrogen-bond donors (Lipinski definition) is 1. The number of nitrogens with one attached hydrogen (secondary N) is 1. The molecule has 0 spiro atoms. The fourth-order valence-corrected chi connectivity index (χ4v) is 2.11. The van der Waals surface area contributed by atoms with E-state index >= 15 is 0 Å². The Balaban J connectivity index is 2.55. The van der Waals surface area contributed by atoms with Crippen LogP contribution in [-0.4, -0.2) is 42.3 Å². The van der Waals surface area contributed by atoms with Crippen molar-refractivity contribution >= 4 is 6.09 Å². The number of carbonyl (C=O) groups is 1. The van der Waals surface area contributed by atoms with Gasteiger partial charge in [0.1, 0.15) is 5.60 Å². The van der Waals surface area contributed by atoms with Gasteiger partial charge in [-0.2, -0.15) is 0 Å².